The average molecular weight is 379 g/mol. The lowest BCUT2D eigenvalue weighted by Crippen LogP contribution is -2.34. The number of thiophene rings is 2. The van der Waals surface area contributed by atoms with Crippen molar-refractivity contribution in [3.05, 3.63) is 56.1 Å². The zero-order valence-electron chi connectivity index (χ0n) is 13.3. The van der Waals surface area contributed by atoms with Gasteiger partial charge in [0.15, 0.2) is 5.76 Å². The third-order valence-electron chi connectivity index (χ3n) is 3.82. The fourth-order valence-electron chi connectivity index (χ4n) is 2.73. The van der Waals surface area contributed by atoms with Crippen molar-refractivity contribution in [3.63, 3.8) is 0 Å². The Morgan fingerprint density at radius 2 is 1.96 bits per heavy atom. The number of ether oxygens (including phenoxy) is 1. The Morgan fingerprint density at radius 1 is 1.20 bits per heavy atom. The zero-order valence-corrected chi connectivity index (χ0v) is 14.9. The molecule has 0 unspecified atom stereocenters. The van der Waals surface area contributed by atoms with Crippen molar-refractivity contribution >= 4 is 34.4 Å². The highest BCUT2D eigenvalue weighted by molar-refractivity contribution is 7.12. The van der Waals surface area contributed by atoms with E-state index in [1.807, 2.05) is 17.5 Å². The van der Waals surface area contributed by atoms with Gasteiger partial charge in [-0.2, -0.15) is 0 Å². The van der Waals surface area contributed by atoms with Crippen LogP contribution in [0.3, 0.4) is 0 Å². The molecule has 2 N–H and O–H groups in total. The van der Waals surface area contributed by atoms with Crippen molar-refractivity contribution in [1.82, 2.24) is 4.90 Å². The summed E-state index contributed by atoms with van der Waals surface area (Å²) in [4.78, 5) is 28.1. The first-order valence-corrected chi connectivity index (χ1v) is 9.45. The average Bonchev–Trinajstić information content (AvgIpc) is 3.35. The van der Waals surface area contributed by atoms with Crippen LogP contribution in [0.5, 0.6) is 0 Å². The third-order valence-corrected chi connectivity index (χ3v) is 5.61. The molecule has 2 aromatic rings. The number of amides is 1. The third kappa shape index (κ3) is 3.52. The van der Waals surface area contributed by atoms with Crippen LogP contribution in [-0.4, -0.2) is 53.2 Å². The highest BCUT2D eigenvalue weighted by Crippen LogP contribution is 2.40. The molecule has 2 aromatic heterocycles. The van der Waals surface area contributed by atoms with Gasteiger partial charge < -0.3 is 19.8 Å². The Bertz CT molecular complexity index is 767. The SMILES string of the molecule is O=C(C1=C(O)C(=O)N(CCOCCO)[C@@H]1c1cccs1)c1cccs1. The molecule has 0 saturated heterocycles. The van der Waals surface area contributed by atoms with Crippen molar-refractivity contribution in [2.24, 2.45) is 0 Å². The van der Waals surface area contributed by atoms with E-state index in [1.54, 1.807) is 17.5 Å². The molecular formula is C17H17NO5S2. The Kier molecular flexibility index (Phi) is 5.64. The minimum atomic E-state index is -0.625. The van der Waals surface area contributed by atoms with E-state index in [1.165, 1.54) is 27.6 Å². The van der Waals surface area contributed by atoms with Crippen LogP contribution in [0.4, 0.5) is 0 Å². The highest BCUT2D eigenvalue weighted by Gasteiger charge is 2.44. The summed E-state index contributed by atoms with van der Waals surface area (Å²) in [5.41, 5.74) is 0.108. The van der Waals surface area contributed by atoms with E-state index >= 15 is 0 Å². The molecule has 1 aliphatic rings. The lowest BCUT2D eigenvalue weighted by molar-refractivity contribution is -0.130. The van der Waals surface area contributed by atoms with E-state index in [4.69, 9.17) is 9.84 Å². The van der Waals surface area contributed by atoms with Crippen LogP contribution >= 0.6 is 22.7 Å². The summed E-state index contributed by atoms with van der Waals surface area (Å²) >= 11 is 2.69. The van der Waals surface area contributed by atoms with Crippen LogP contribution in [0, 0.1) is 0 Å². The van der Waals surface area contributed by atoms with Gasteiger partial charge in [0.25, 0.3) is 5.91 Å². The summed E-state index contributed by atoms with van der Waals surface area (Å²) in [5.74, 6) is -1.41. The maximum absolute atomic E-state index is 12.8. The standard InChI is InChI=1S/C17H17NO5S2/c19-6-8-23-7-5-18-14(11-3-1-9-24-11)13(16(21)17(18)22)15(20)12-4-2-10-25-12/h1-4,9-10,14,19,21H,5-8H2/t14-/m1/s1. The Labute approximate surface area is 152 Å². The van der Waals surface area contributed by atoms with Crippen LogP contribution in [0.15, 0.2) is 46.4 Å². The number of hydrogen-bond donors (Lipinski definition) is 2. The summed E-state index contributed by atoms with van der Waals surface area (Å²) < 4.78 is 5.24. The number of nitrogens with zero attached hydrogens (tertiary/aromatic N) is 1. The first-order chi connectivity index (χ1) is 12.1. The first kappa shape index (κ1) is 17.8. The van der Waals surface area contributed by atoms with Gasteiger partial charge >= 0.3 is 0 Å². The molecule has 0 fully saturated rings. The highest BCUT2D eigenvalue weighted by atomic mass is 32.1. The van der Waals surface area contributed by atoms with E-state index in [2.05, 4.69) is 0 Å². The van der Waals surface area contributed by atoms with Crippen LogP contribution in [0.1, 0.15) is 20.6 Å². The summed E-state index contributed by atoms with van der Waals surface area (Å²) in [7, 11) is 0. The van der Waals surface area contributed by atoms with Crippen LogP contribution in [-0.2, 0) is 9.53 Å². The number of rotatable bonds is 8. The second-order valence-electron chi connectivity index (χ2n) is 5.32. The van der Waals surface area contributed by atoms with Crippen molar-refractivity contribution < 1.29 is 24.5 Å². The molecule has 0 aromatic carbocycles. The molecular weight excluding hydrogens is 362 g/mol. The second-order valence-corrected chi connectivity index (χ2v) is 7.25. The van der Waals surface area contributed by atoms with Crippen LogP contribution < -0.4 is 0 Å². The fraction of sp³-hybridized carbons (Fsp3) is 0.294. The molecule has 132 valence electrons. The predicted octanol–water partition coefficient (Wildman–Crippen LogP) is 2.40. The number of Topliss-reactive ketones (excluding diaryl/α,β-unsaturated/α-hetero) is 1. The number of aliphatic hydroxyl groups excluding tert-OH is 2. The Hall–Kier alpha value is -2.00. The molecule has 1 atom stereocenters. The number of ketones is 1. The molecule has 25 heavy (non-hydrogen) atoms. The van der Waals surface area contributed by atoms with E-state index in [-0.39, 0.29) is 37.7 Å². The van der Waals surface area contributed by atoms with Crippen molar-refractivity contribution in [1.29, 1.82) is 0 Å². The number of carbonyl (C=O) groups excluding carboxylic acids is 2. The summed E-state index contributed by atoms with van der Waals surface area (Å²) in [6.45, 7) is 0.495. The molecule has 0 radical (unpaired) electrons. The quantitative estimate of drug-likeness (QED) is 0.543. The van der Waals surface area contributed by atoms with Crippen LogP contribution in [0.25, 0.3) is 0 Å². The van der Waals surface area contributed by atoms with Gasteiger partial charge in [0, 0.05) is 11.4 Å². The fourth-order valence-corrected chi connectivity index (χ4v) is 4.25. The van der Waals surface area contributed by atoms with Crippen LogP contribution in [0.2, 0.25) is 0 Å². The van der Waals surface area contributed by atoms with Gasteiger partial charge in [0.2, 0.25) is 5.78 Å². The molecule has 3 rings (SSSR count). The maximum atomic E-state index is 12.8. The van der Waals surface area contributed by atoms with Gasteiger partial charge in [-0.25, -0.2) is 0 Å². The largest absolute Gasteiger partial charge is 0.503 e. The lowest BCUT2D eigenvalue weighted by Gasteiger charge is -2.25. The van der Waals surface area contributed by atoms with Crippen molar-refractivity contribution in [2.75, 3.05) is 26.4 Å². The first-order valence-electron chi connectivity index (χ1n) is 7.69. The smallest absolute Gasteiger partial charge is 0.290 e. The number of carbonyl (C=O) groups is 2. The van der Waals surface area contributed by atoms with Gasteiger partial charge in [-0.1, -0.05) is 12.1 Å². The van der Waals surface area contributed by atoms with E-state index < -0.39 is 17.7 Å². The summed E-state index contributed by atoms with van der Waals surface area (Å²) in [5, 5.41) is 22.8. The van der Waals surface area contributed by atoms with E-state index in [0.717, 1.165) is 4.88 Å². The van der Waals surface area contributed by atoms with Crippen molar-refractivity contribution in [2.45, 2.75) is 6.04 Å². The van der Waals surface area contributed by atoms with Gasteiger partial charge in [-0.05, 0) is 22.9 Å². The number of aliphatic hydroxyl groups is 2. The minimum Gasteiger partial charge on any atom is -0.503 e. The molecule has 0 bridgehead atoms. The zero-order chi connectivity index (χ0) is 17.8. The molecule has 0 spiro atoms. The second kappa shape index (κ2) is 7.92. The van der Waals surface area contributed by atoms with E-state index in [0.29, 0.717) is 4.88 Å². The molecule has 0 saturated carbocycles. The van der Waals surface area contributed by atoms with Gasteiger partial charge in [-0.3, -0.25) is 9.59 Å². The van der Waals surface area contributed by atoms with Gasteiger partial charge in [0.05, 0.1) is 36.3 Å². The number of hydrogen-bond acceptors (Lipinski definition) is 7. The minimum absolute atomic E-state index is 0.103. The van der Waals surface area contributed by atoms with Gasteiger partial charge in [-0.15, -0.1) is 22.7 Å². The monoisotopic (exact) mass is 379 g/mol. The summed E-state index contributed by atoms with van der Waals surface area (Å²) in [6.07, 6.45) is 0. The summed E-state index contributed by atoms with van der Waals surface area (Å²) in [6, 6.07) is 6.49. The Balaban J connectivity index is 1.91. The molecule has 6 nitrogen and oxygen atoms in total. The molecule has 1 amide bonds. The predicted molar refractivity (Wildman–Crippen MR) is 95.0 cm³/mol. The lowest BCUT2D eigenvalue weighted by atomic mass is 10.0. The topological polar surface area (TPSA) is 87.1 Å². The molecule has 8 heteroatoms. The maximum Gasteiger partial charge on any atom is 0.290 e. The van der Waals surface area contributed by atoms with E-state index in [9.17, 15) is 14.7 Å². The molecule has 3 heterocycles. The molecule has 1 aliphatic heterocycles. The van der Waals surface area contributed by atoms with Crippen molar-refractivity contribution in [3.8, 4) is 0 Å². The normalized spacial score (nSPS) is 17.6. The Morgan fingerprint density at radius 3 is 2.60 bits per heavy atom. The van der Waals surface area contributed by atoms with Gasteiger partial charge in [0.1, 0.15) is 0 Å². The molecule has 0 aliphatic carbocycles.